The Labute approximate surface area is 105 Å². The van der Waals surface area contributed by atoms with E-state index in [1.165, 1.54) is 28.1 Å². The second-order valence-corrected chi connectivity index (χ2v) is 4.31. The number of nitrogens with two attached hydrogens (primary N) is 1. The van der Waals surface area contributed by atoms with Gasteiger partial charge in [0.25, 0.3) is 0 Å². The number of benzene rings is 2. The number of halogens is 1. The highest BCUT2D eigenvalue weighted by molar-refractivity contribution is 8.13. The number of nitrogens with one attached hydrogen (secondary N) is 1. The van der Waals surface area contributed by atoms with E-state index in [2.05, 4.69) is 24.3 Å². The van der Waals surface area contributed by atoms with Gasteiger partial charge in [-0.05, 0) is 16.3 Å². The average Bonchev–Trinajstić information content (AvgIpc) is 2.26. The summed E-state index contributed by atoms with van der Waals surface area (Å²) in [4.78, 5) is 0. The molecule has 0 aliphatic carbocycles. The van der Waals surface area contributed by atoms with Gasteiger partial charge in [-0.25, -0.2) is 0 Å². The van der Waals surface area contributed by atoms with Gasteiger partial charge in [0.1, 0.15) is 0 Å². The lowest BCUT2D eigenvalue weighted by Crippen LogP contribution is -3.00. The zero-order valence-corrected chi connectivity index (χ0v) is 10.2. The molecule has 0 aliphatic heterocycles. The van der Waals surface area contributed by atoms with Gasteiger partial charge >= 0.3 is 0 Å². The van der Waals surface area contributed by atoms with Crippen LogP contribution in [0.3, 0.4) is 0 Å². The highest BCUT2D eigenvalue weighted by atomic mass is 35.5. The number of fused-ring (bicyclic) bond motifs is 1. The molecule has 0 bridgehead atoms. The summed E-state index contributed by atoms with van der Waals surface area (Å²) in [5, 5.41) is 9.84. The van der Waals surface area contributed by atoms with Crippen molar-refractivity contribution in [2.24, 2.45) is 5.73 Å². The number of rotatable bonds is 2. The third-order valence-corrected chi connectivity index (χ3v) is 3.03. The molecule has 84 valence electrons. The Hall–Kier alpha value is -1.19. The van der Waals surface area contributed by atoms with Crippen LogP contribution in [0, 0.1) is 5.41 Å². The summed E-state index contributed by atoms with van der Waals surface area (Å²) in [5.41, 5.74) is 6.56. The second kappa shape index (κ2) is 5.77. The fourth-order valence-electron chi connectivity index (χ4n) is 1.57. The molecule has 2 nitrogen and oxygen atoms in total. The summed E-state index contributed by atoms with van der Waals surface area (Å²) in [6, 6.07) is 14.5. The smallest absolute Gasteiger partial charge is 0.151 e. The van der Waals surface area contributed by atoms with Crippen LogP contribution in [0.15, 0.2) is 42.5 Å². The Balaban J connectivity index is 0.00000128. The minimum Gasteiger partial charge on any atom is -1.00 e. The molecule has 0 heterocycles. The van der Waals surface area contributed by atoms with E-state index in [0.29, 0.717) is 0 Å². The zero-order chi connectivity index (χ0) is 10.7. The molecule has 2 aromatic carbocycles. The van der Waals surface area contributed by atoms with Gasteiger partial charge in [0.05, 0.1) is 0 Å². The highest BCUT2D eigenvalue weighted by Gasteiger charge is 2.00. The fraction of sp³-hybridized carbons (Fsp3) is 0.0833. The van der Waals surface area contributed by atoms with Crippen LogP contribution in [0.25, 0.3) is 10.8 Å². The van der Waals surface area contributed by atoms with Gasteiger partial charge in [-0.1, -0.05) is 54.2 Å². The molecular weight excluding hydrogens is 240 g/mol. The predicted octanol–water partition coefficient (Wildman–Crippen LogP) is -0.0295. The lowest BCUT2D eigenvalue weighted by Gasteiger charge is -2.05. The Bertz CT molecular complexity index is 494. The first-order chi connectivity index (χ1) is 7.27. The summed E-state index contributed by atoms with van der Waals surface area (Å²) >= 11 is 1.36. The van der Waals surface area contributed by atoms with E-state index in [4.69, 9.17) is 11.1 Å². The summed E-state index contributed by atoms with van der Waals surface area (Å²) in [6.45, 7) is 0. The van der Waals surface area contributed by atoms with Crippen LogP contribution in [-0.4, -0.2) is 5.17 Å². The maximum atomic E-state index is 7.19. The zero-order valence-electron chi connectivity index (χ0n) is 8.61. The summed E-state index contributed by atoms with van der Waals surface area (Å²) in [6.07, 6.45) is 0. The van der Waals surface area contributed by atoms with Crippen molar-refractivity contribution < 1.29 is 12.4 Å². The standard InChI is InChI=1S/C12H12N2S.ClH/c13-12(14)15-8-10-6-3-5-9-4-1-2-7-11(9)10;/h1-7H,8H2,(H3,13,14);1H/p-1. The van der Waals surface area contributed by atoms with Gasteiger partial charge in [0, 0.05) is 5.75 Å². The van der Waals surface area contributed by atoms with Gasteiger partial charge in [0.2, 0.25) is 0 Å². The molecule has 0 saturated carbocycles. The molecule has 2 aromatic rings. The van der Waals surface area contributed by atoms with Gasteiger partial charge in [0.15, 0.2) is 5.17 Å². The Morgan fingerprint density at radius 1 is 1.12 bits per heavy atom. The van der Waals surface area contributed by atoms with E-state index in [1.54, 1.807) is 0 Å². The molecule has 3 N–H and O–H groups in total. The fourth-order valence-corrected chi connectivity index (χ4v) is 2.14. The van der Waals surface area contributed by atoms with E-state index < -0.39 is 0 Å². The van der Waals surface area contributed by atoms with Crippen LogP contribution in [0.4, 0.5) is 0 Å². The van der Waals surface area contributed by atoms with Crippen molar-refractivity contribution >= 4 is 27.7 Å². The third-order valence-electron chi connectivity index (χ3n) is 2.26. The van der Waals surface area contributed by atoms with Crippen molar-refractivity contribution in [3.05, 3.63) is 48.0 Å². The molecule has 0 fully saturated rings. The number of thioether (sulfide) groups is 1. The van der Waals surface area contributed by atoms with Gasteiger partial charge < -0.3 is 18.1 Å². The summed E-state index contributed by atoms with van der Waals surface area (Å²) < 4.78 is 0. The van der Waals surface area contributed by atoms with Gasteiger partial charge in [-0.3, -0.25) is 5.41 Å². The molecular formula is C12H12ClN2S-. The molecule has 16 heavy (non-hydrogen) atoms. The van der Waals surface area contributed by atoms with Crippen molar-refractivity contribution in [2.75, 3.05) is 0 Å². The van der Waals surface area contributed by atoms with Crippen LogP contribution in [0.2, 0.25) is 0 Å². The Kier molecular flexibility index (Phi) is 4.65. The SMILES string of the molecule is N=C(N)SCc1cccc2ccccc12.[Cl-]. The van der Waals surface area contributed by atoms with Crippen LogP contribution >= 0.6 is 11.8 Å². The largest absolute Gasteiger partial charge is 1.00 e. The van der Waals surface area contributed by atoms with E-state index in [1.807, 2.05) is 18.2 Å². The third kappa shape index (κ3) is 2.90. The van der Waals surface area contributed by atoms with E-state index in [0.717, 1.165) is 5.75 Å². The van der Waals surface area contributed by atoms with E-state index in [9.17, 15) is 0 Å². The molecule has 0 saturated heterocycles. The normalized spacial score (nSPS) is 9.75. The first-order valence-corrected chi connectivity index (χ1v) is 5.69. The van der Waals surface area contributed by atoms with Crippen LogP contribution in [0.5, 0.6) is 0 Å². The highest BCUT2D eigenvalue weighted by Crippen LogP contribution is 2.22. The van der Waals surface area contributed by atoms with Crippen molar-refractivity contribution in [3.63, 3.8) is 0 Å². The molecule has 4 heteroatoms. The van der Waals surface area contributed by atoms with Gasteiger partial charge in [-0.15, -0.1) is 0 Å². The Morgan fingerprint density at radius 3 is 2.56 bits per heavy atom. The van der Waals surface area contributed by atoms with Crippen molar-refractivity contribution in [2.45, 2.75) is 5.75 Å². The van der Waals surface area contributed by atoms with E-state index >= 15 is 0 Å². The minimum absolute atomic E-state index is 0. The molecule has 0 atom stereocenters. The quantitative estimate of drug-likeness (QED) is 0.582. The summed E-state index contributed by atoms with van der Waals surface area (Å²) in [5.74, 6) is 0.761. The minimum atomic E-state index is 0. The van der Waals surface area contributed by atoms with Crippen molar-refractivity contribution in [1.82, 2.24) is 0 Å². The van der Waals surface area contributed by atoms with E-state index in [-0.39, 0.29) is 17.6 Å². The molecule has 0 aromatic heterocycles. The molecule has 0 spiro atoms. The van der Waals surface area contributed by atoms with Crippen LogP contribution in [-0.2, 0) is 5.75 Å². The monoisotopic (exact) mass is 251 g/mol. The maximum absolute atomic E-state index is 7.19. The molecule has 2 rings (SSSR count). The first kappa shape index (κ1) is 12.9. The maximum Gasteiger partial charge on any atom is 0.151 e. The van der Waals surface area contributed by atoms with Crippen molar-refractivity contribution in [1.29, 1.82) is 5.41 Å². The molecule has 0 unspecified atom stereocenters. The lowest BCUT2D eigenvalue weighted by atomic mass is 10.1. The predicted molar refractivity (Wildman–Crippen MR) is 67.2 cm³/mol. The van der Waals surface area contributed by atoms with Gasteiger partial charge in [-0.2, -0.15) is 0 Å². The first-order valence-electron chi connectivity index (χ1n) is 4.71. The topological polar surface area (TPSA) is 49.9 Å². The average molecular weight is 252 g/mol. The molecule has 0 aliphatic rings. The number of hydrogen-bond donors (Lipinski definition) is 2. The van der Waals surface area contributed by atoms with Crippen LogP contribution < -0.4 is 18.1 Å². The number of amidine groups is 1. The number of hydrogen-bond acceptors (Lipinski definition) is 2. The lowest BCUT2D eigenvalue weighted by molar-refractivity contribution is -0.00000326. The van der Waals surface area contributed by atoms with Crippen molar-refractivity contribution in [3.8, 4) is 0 Å². The molecule has 0 radical (unpaired) electrons. The summed E-state index contributed by atoms with van der Waals surface area (Å²) in [7, 11) is 0. The Morgan fingerprint density at radius 2 is 1.81 bits per heavy atom. The second-order valence-electron chi connectivity index (χ2n) is 3.29. The van der Waals surface area contributed by atoms with Crippen LogP contribution in [0.1, 0.15) is 5.56 Å². The molecule has 0 amide bonds.